The molecule has 0 saturated carbocycles. The Balaban J connectivity index is 2.32. The minimum absolute atomic E-state index is 0.174. The monoisotopic (exact) mass is 180 g/mol. The predicted molar refractivity (Wildman–Crippen MR) is 51.5 cm³/mol. The summed E-state index contributed by atoms with van der Waals surface area (Å²) in [7, 11) is 0. The van der Waals surface area contributed by atoms with E-state index in [0.717, 1.165) is 6.61 Å². The number of rotatable bonds is 2. The van der Waals surface area contributed by atoms with Crippen molar-refractivity contribution >= 4 is 0 Å². The van der Waals surface area contributed by atoms with Crippen LogP contribution in [0.5, 0.6) is 0 Å². The summed E-state index contributed by atoms with van der Waals surface area (Å²) in [5.74, 6) is 0.725. The Labute approximate surface area is 79.2 Å². The molecular formula is C11H16O2. The summed E-state index contributed by atoms with van der Waals surface area (Å²) in [4.78, 5) is 0. The Morgan fingerprint density at radius 2 is 2.15 bits per heavy atom. The van der Waals surface area contributed by atoms with Gasteiger partial charge in [-0.15, -0.1) is 13.2 Å². The van der Waals surface area contributed by atoms with Crippen LogP contribution in [0.3, 0.4) is 0 Å². The molecule has 2 heteroatoms. The summed E-state index contributed by atoms with van der Waals surface area (Å²) in [5, 5.41) is 0. The fraction of sp³-hybridized carbons (Fsp3) is 0.636. The van der Waals surface area contributed by atoms with Gasteiger partial charge in [0, 0.05) is 11.8 Å². The molecule has 2 aliphatic heterocycles. The minimum Gasteiger partial charge on any atom is -0.374 e. The SMILES string of the molecule is C=C[C@H]1COC2[C@H](C)COC21C=C. The summed E-state index contributed by atoms with van der Waals surface area (Å²) < 4.78 is 11.5. The zero-order valence-electron chi connectivity index (χ0n) is 8.03. The largest absolute Gasteiger partial charge is 0.374 e. The van der Waals surface area contributed by atoms with Crippen LogP contribution in [0.15, 0.2) is 25.3 Å². The zero-order chi connectivity index (χ0) is 9.47. The maximum atomic E-state index is 5.82. The van der Waals surface area contributed by atoms with Gasteiger partial charge in [-0.3, -0.25) is 0 Å². The smallest absolute Gasteiger partial charge is 0.121 e. The summed E-state index contributed by atoms with van der Waals surface area (Å²) in [6, 6.07) is 0. The van der Waals surface area contributed by atoms with E-state index in [2.05, 4.69) is 20.1 Å². The average molecular weight is 180 g/mol. The van der Waals surface area contributed by atoms with Crippen molar-refractivity contribution in [2.24, 2.45) is 11.8 Å². The van der Waals surface area contributed by atoms with Crippen LogP contribution in [0, 0.1) is 11.8 Å². The average Bonchev–Trinajstić information content (AvgIpc) is 2.65. The summed E-state index contributed by atoms with van der Waals surface area (Å²) in [6.07, 6.45) is 3.98. The molecule has 4 atom stereocenters. The van der Waals surface area contributed by atoms with Crippen molar-refractivity contribution < 1.29 is 9.47 Å². The maximum absolute atomic E-state index is 5.82. The van der Waals surface area contributed by atoms with Gasteiger partial charge in [-0.25, -0.2) is 0 Å². The fourth-order valence-corrected chi connectivity index (χ4v) is 2.42. The molecule has 0 radical (unpaired) electrons. The second-order valence-electron chi connectivity index (χ2n) is 3.94. The molecule has 2 unspecified atom stereocenters. The molecule has 2 heterocycles. The first-order valence-corrected chi connectivity index (χ1v) is 4.76. The normalized spacial score (nSPS) is 48.8. The van der Waals surface area contributed by atoms with E-state index in [1.807, 2.05) is 12.2 Å². The molecule has 2 rings (SSSR count). The summed E-state index contributed by atoms with van der Waals surface area (Å²) >= 11 is 0. The van der Waals surface area contributed by atoms with Crippen molar-refractivity contribution in [3.05, 3.63) is 25.3 Å². The number of hydrogen-bond acceptors (Lipinski definition) is 2. The lowest BCUT2D eigenvalue weighted by molar-refractivity contribution is 0.00507. The van der Waals surface area contributed by atoms with E-state index < -0.39 is 0 Å². The molecule has 2 fully saturated rings. The molecule has 0 aromatic rings. The molecule has 0 bridgehead atoms. The van der Waals surface area contributed by atoms with E-state index in [0.29, 0.717) is 12.5 Å². The van der Waals surface area contributed by atoms with Gasteiger partial charge in [-0.05, 0) is 0 Å². The Hall–Kier alpha value is -0.600. The number of fused-ring (bicyclic) bond motifs is 1. The van der Waals surface area contributed by atoms with Crippen LogP contribution >= 0.6 is 0 Å². The molecule has 2 nitrogen and oxygen atoms in total. The highest BCUT2D eigenvalue weighted by molar-refractivity contribution is 5.18. The predicted octanol–water partition coefficient (Wildman–Crippen LogP) is 1.78. The van der Waals surface area contributed by atoms with E-state index in [9.17, 15) is 0 Å². The minimum atomic E-state index is -0.291. The fourth-order valence-electron chi connectivity index (χ4n) is 2.42. The zero-order valence-corrected chi connectivity index (χ0v) is 8.03. The lowest BCUT2D eigenvalue weighted by atomic mass is 9.83. The van der Waals surface area contributed by atoms with Crippen molar-refractivity contribution in [1.82, 2.24) is 0 Å². The molecule has 2 saturated heterocycles. The molecule has 0 N–H and O–H groups in total. The quantitative estimate of drug-likeness (QED) is 0.603. The van der Waals surface area contributed by atoms with Gasteiger partial charge in [0.1, 0.15) is 5.60 Å². The van der Waals surface area contributed by atoms with Gasteiger partial charge in [-0.1, -0.05) is 19.1 Å². The highest BCUT2D eigenvalue weighted by Crippen LogP contribution is 2.45. The van der Waals surface area contributed by atoms with Crippen LogP contribution in [0.4, 0.5) is 0 Å². The van der Waals surface area contributed by atoms with Crippen LogP contribution in [-0.4, -0.2) is 24.9 Å². The van der Waals surface area contributed by atoms with Crippen LogP contribution in [-0.2, 0) is 9.47 Å². The highest BCUT2D eigenvalue weighted by atomic mass is 16.6. The maximum Gasteiger partial charge on any atom is 0.121 e. The van der Waals surface area contributed by atoms with Crippen LogP contribution in [0.2, 0.25) is 0 Å². The van der Waals surface area contributed by atoms with Gasteiger partial charge in [-0.2, -0.15) is 0 Å². The van der Waals surface area contributed by atoms with Gasteiger partial charge >= 0.3 is 0 Å². The van der Waals surface area contributed by atoms with Crippen LogP contribution in [0.25, 0.3) is 0 Å². The number of hydrogen-bond donors (Lipinski definition) is 0. The Kier molecular flexibility index (Phi) is 2.05. The molecule has 0 spiro atoms. The molecule has 13 heavy (non-hydrogen) atoms. The van der Waals surface area contributed by atoms with Crippen molar-refractivity contribution in [2.45, 2.75) is 18.6 Å². The van der Waals surface area contributed by atoms with E-state index in [4.69, 9.17) is 9.47 Å². The first-order valence-electron chi connectivity index (χ1n) is 4.76. The molecular weight excluding hydrogens is 164 g/mol. The Bertz CT molecular complexity index is 236. The highest BCUT2D eigenvalue weighted by Gasteiger charge is 2.55. The first kappa shape index (κ1) is 8.97. The number of ether oxygens (including phenoxy) is 2. The molecule has 0 aliphatic carbocycles. The lowest BCUT2D eigenvalue weighted by Crippen LogP contribution is -2.39. The first-order chi connectivity index (χ1) is 6.24. The van der Waals surface area contributed by atoms with Crippen molar-refractivity contribution in [2.75, 3.05) is 13.2 Å². The molecule has 0 amide bonds. The van der Waals surface area contributed by atoms with E-state index in [1.54, 1.807) is 0 Å². The standard InChI is InChI=1S/C11H16O2/c1-4-9-7-12-10-8(3)6-13-11(9,10)5-2/h4-5,8-10H,1-2,6-7H2,3H3/t8-,9+,10?,11?/m1/s1. The third kappa shape index (κ3) is 1.02. The topological polar surface area (TPSA) is 18.5 Å². The van der Waals surface area contributed by atoms with Gasteiger partial charge < -0.3 is 9.47 Å². The molecule has 0 aromatic heterocycles. The third-order valence-electron chi connectivity index (χ3n) is 3.20. The van der Waals surface area contributed by atoms with Gasteiger partial charge in [0.15, 0.2) is 0 Å². The van der Waals surface area contributed by atoms with E-state index >= 15 is 0 Å². The van der Waals surface area contributed by atoms with Crippen molar-refractivity contribution in [3.8, 4) is 0 Å². The Morgan fingerprint density at radius 1 is 1.38 bits per heavy atom. The van der Waals surface area contributed by atoms with Crippen molar-refractivity contribution in [1.29, 1.82) is 0 Å². The van der Waals surface area contributed by atoms with Crippen molar-refractivity contribution in [3.63, 3.8) is 0 Å². The molecule has 2 aliphatic rings. The van der Waals surface area contributed by atoms with Crippen LogP contribution < -0.4 is 0 Å². The van der Waals surface area contributed by atoms with Gasteiger partial charge in [0.05, 0.1) is 19.3 Å². The second-order valence-corrected chi connectivity index (χ2v) is 3.94. The molecule has 0 aromatic carbocycles. The second kappa shape index (κ2) is 2.96. The van der Waals surface area contributed by atoms with E-state index in [-0.39, 0.29) is 17.6 Å². The van der Waals surface area contributed by atoms with Gasteiger partial charge in [0.25, 0.3) is 0 Å². The summed E-state index contributed by atoms with van der Waals surface area (Å²) in [6.45, 7) is 11.3. The lowest BCUT2D eigenvalue weighted by Gasteiger charge is -2.27. The Morgan fingerprint density at radius 3 is 2.77 bits per heavy atom. The molecule has 72 valence electrons. The van der Waals surface area contributed by atoms with Gasteiger partial charge in [0.2, 0.25) is 0 Å². The third-order valence-corrected chi connectivity index (χ3v) is 3.20. The van der Waals surface area contributed by atoms with E-state index in [1.165, 1.54) is 0 Å². The summed E-state index contributed by atoms with van der Waals surface area (Å²) in [5.41, 5.74) is -0.291. The van der Waals surface area contributed by atoms with Crippen LogP contribution in [0.1, 0.15) is 6.92 Å².